The van der Waals surface area contributed by atoms with Crippen LogP contribution in [0.2, 0.25) is 0 Å². The van der Waals surface area contributed by atoms with Crippen LogP contribution in [0, 0.1) is 5.92 Å². The molecule has 9 heteroatoms. The topological polar surface area (TPSA) is 108 Å². The first-order valence-corrected chi connectivity index (χ1v) is 12.6. The van der Waals surface area contributed by atoms with Gasteiger partial charge in [-0.3, -0.25) is 19.3 Å². The van der Waals surface area contributed by atoms with E-state index >= 15 is 0 Å². The third-order valence-electron chi connectivity index (χ3n) is 6.04. The molecule has 0 bridgehead atoms. The molecule has 3 aromatic rings. The summed E-state index contributed by atoms with van der Waals surface area (Å²) in [5.74, 6) is -0.166. The number of amides is 2. The van der Waals surface area contributed by atoms with Gasteiger partial charge in [0.2, 0.25) is 5.91 Å². The maximum absolute atomic E-state index is 13.2. The molecule has 0 spiro atoms. The van der Waals surface area contributed by atoms with Crippen LogP contribution in [-0.4, -0.2) is 31.8 Å². The lowest BCUT2D eigenvalue weighted by atomic mass is 10.1. The number of aromatic nitrogens is 1. The van der Waals surface area contributed by atoms with E-state index in [-0.39, 0.29) is 34.5 Å². The number of para-hydroxylation sites is 1. The molecule has 0 saturated heterocycles. The van der Waals surface area contributed by atoms with Gasteiger partial charge in [-0.15, -0.1) is 0 Å². The Kier molecular flexibility index (Phi) is 5.79. The number of hydrogen-bond donors (Lipinski definition) is 2. The fourth-order valence-corrected chi connectivity index (χ4v) is 5.21. The van der Waals surface area contributed by atoms with Crippen molar-refractivity contribution in [3.63, 3.8) is 0 Å². The number of nitrogens with one attached hydrogen (secondary N) is 2. The van der Waals surface area contributed by atoms with E-state index in [1.165, 1.54) is 6.07 Å². The molecule has 2 N–H and O–H groups in total. The molecule has 0 unspecified atom stereocenters. The molecule has 1 fully saturated rings. The molecule has 1 aliphatic heterocycles. The number of benzene rings is 2. The Labute approximate surface area is 198 Å². The van der Waals surface area contributed by atoms with E-state index in [1.54, 1.807) is 59.8 Å². The van der Waals surface area contributed by atoms with Gasteiger partial charge in [0, 0.05) is 37.1 Å². The van der Waals surface area contributed by atoms with Gasteiger partial charge in [0.15, 0.2) is 0 Å². The molecular formula is C25H24N4O4S. The minimum Gasteiger partial charge on any atom is -0.348 e. The molecule has 5 rings (SSSR count). The Morgan fingerprint density at radius 2 is 1.88 bits per heavy atom. The van der Waals surface area contributed by atoms with Crippen molar-refractivity contribution in [3.8, 4) is 0 Å². The lowest BCUT2D eigenvalue weighted by Crippen LogP contribution is -2.30. The molecule has 8 nitrogen and oxygen atoms in total. The zero-order chi connectivity index (χ0) is 23.7. The summed E-state index contributed by atoms with van der Waals surface area (Å²) in [6.07, 6.45) is 5.77. The van der Waals surface area contributed by atoms with Crippen LogP contribution >= 0.6 is 0 Å². The van der Waals surface area contributed by atoms with Crippen molar-refractivity contribution in [2.45, 2.75) is 30.7 Å². The average molecular weight is 477 g/mol. The van der Waals surface area contributed by atoms with Crippen molar-refractivity contribution >= 4 is 33.2 Å². The predicted octanol–water partition coefficient (Wildman–Crippen LogP) is 3.11. The van der Waals surface area contributed by atoms with E-state index in [1.807, 2.05) is 6.07 Å². The quantitative estimate of drug-likeness (QED) is 0.545. The SMILES string of the molecule is O=C(NCc1cccnc1)c1ccccc1NS(=O)(=O)c1ccc2c(c1)CCN2C(=O)C1CC1. The number of carbonyl (C=O) groups excluding carboxylic acids is 2. The summed E-state index contributed by atoms with van der Waals surface area (Å²) >= 11 is 0. The van der Waals surface area contributed by atoms with Crippen LogP contribution in [0.3, 0.4) is 0 Å². The molecule has 2 aliphatic rings. The van der Waals surface area contributed by atoms with Gasteiger partial charge in [0.1, 0.15) is 0 Å². The van der Waals surface area contributed by atoms with Gasteiger partial charge in [-0.25, -0.2) is 8.42 Å². The predicted molar refractivity (Wildman–Crippen MR) is 128 cm³/mol. The monoisotopic (exact) mass is 476 g/mol. The fourth-order valence-electron chi connectivity index (χ4n) is 4.08. The van der Waals surface area contributed by atoms with Gasteiger partial charge >= 0.3 is 0 Å². The summed E-state index contributed by atoms with van der Waals surface area (Å²) < 4.78 is 28.9. The van der Waals surface area contributed by atoms with Gasteiger partial charge in [-0.1, -0.05) is 18.2 Å². The Balaban J connectivity index is 1.33. The molecule has 2 aromatic carbocycles. The maximum Gasteiger partial charge on any atom is 0.261 e. The van der Waals surface area contributed by atoms with Crippen LogP contribution in [0.25, 0.3) is 0 Å². The molecule has 1 saturated carbocycles. The van der Waals surface area contributed by atoms with Crippen LogP contribution < -0.4 is 14.9 Å². The fraction of sp³-hybridized carbons (Fsp3) is 0.240. The van der Waals surface area contributed by atoms with Crippen LogP contribution in [0.1, 0.15) is 34.3 Å². The second-order valence-electron chi connectivity index (χ2n) is 8.50. The molecule has 34 heavy (non-hydrogen) atoms. The maximum atomic E-state index is 13.2. The third kappa shape index (κ3) is 4.51. The summed E-state index contributed by atoms with van der Waals surface area (Å²) in [4.78, 5) is 31.1. The molecular weight excluding hydrogens is 452 g/mol. The molecule has 1 aliphatic carbocycles. The van der Waals surface area contributed by atoms with Crippen molar-refractivity contribution in [2.75, 3.05) is 16.2 Å². The minimum absolute atomic E-state index is 0.0949. The molecule has 0 radical (unpaired) electrons. The summed E-state index contributed by atoms with van der Waals surface area (Å²) in [5.41, 5.74) is 2.86. The highest BCUT2D eigenvalue weighted by molar-refractivity contribution is 7.92. The van der Waals surface area contributed by atoms with Crippen molar-refractivity contribution in [1.82, 2.24) is 10.3 Å². The zero-order valence-corrected chi connectivity index (χ0v) is 19.2. The summed E-state index contributed by atoms with van der Waals surface area (Å²) in [6.45, 7) is 0.843. The van der Waals surface area contributed by atoms with Crippen LogP contribution in [0.15, 0.2) is 71.9 Å². The van der Waals surface area contributed by atoms with Crippen LogP contribution in [-0.2, 0) is 27.8 Å². The van der Waals surface area contributed by atoms with Gasteiger partial charge < -0.3 is 10.2 Å². The number of pyridine rings is 1. The zero-order valence-electron chi connectivity index (χ0n) is 18.4. The van der Waals surface area contributed by atoms with E-state index in [4.69, 9.17) is 0 Å². The molecule has 1 aromatic heterocycles. The highest BCUT2D eigenvalue weighted by Crippen LogP contribution is 2.37. The number of nitrogens with zero attached hydrogens (tertiary/aromatic N) is 2. The number of fused-ring (bicyclic) bond motifs is 1. The van der Waals surface area contributed by atoms with E-state index in [0.717, 1.165) is 29.7 Å². The highest BCUT2D eigenvalue weighted by Gasteiger charge is 2.36. The lowest BCUT2D eigenvalue weighted by Gasteiger charge is -2.17. The normalized spacial score (nSPS) is 15.0. The second kappa shape index (κ2) is 8.90. The largest absolute Gasteiger partial charge is 0.348 e. The Morgan fingerprint density at radius 3 is 2.65 bits per heavy atom. The highest BCUT2D eigenvalue weighted by atomic mass is 32.2. The van der Waals surface area contributed by atoms with Gasteiger partial charge in [0.05, 0.1) is 16.1 Å². The van der Waals surface area contributed by atoms with Gasteiger partial charge in [-0.05, 0) is 66.8 Å². The van der Waals surface area contributed by atoms with Gasteiger partial charge in [-0.2, -0.15) is 0 Å². The number of hydrogen-bond acceptors (Lipinski definition) is 5. The van der Waals surface area contributed by atoms with E-state index < -0.39 is 15.9 Å². The first-order valence-electron chi connectivity index (χ1n) is 11.2. The first kappa shape index (κ1) is 22.1. The number of anilines is 2. The minimum atomic E-state index is -3.94. The van der Waals surface area contributed by atoms with E-state index in [0.29, 0.717) is 13.0 Å². The van der Waals surface area contributed by atoms with Crippen molar-refractivity contribution < 1.29 is 18.0 Å². The average Bonchev–Trinajstić information content (AvgIpc) is 3.61. The summed E-state index contributed by atoms with van der Waals surface area (Å²) in [7, 11) is -3.94. The van der Waals surface area contributed by atoms with Crippen LogP contribution in [0.4, 0.5) is 11.4 Å². The first-order chi connectivity index (χ1) is 16.4. The molecule has 0 atom stereocenters. The lowest BCUT2D eigenvalue weighted by molar-refractivity contribution is -0.119. The van der Waals surface area contributed by atoms with E-state index in [9.17, 15) is 18.0 Å². The summed E-state index contributed by atoms with van der Waals surface area (Å²) in [6, 6.07) is 14.9. The number of carbonyl (C=O) groups is 2. The Bertz CT molecular complexity index is 1350. The molecule has 2 heterocycles. The van der Waals surface area contributed by atoms with Crippen LogP contribution in [0.5, 0.6) is 0 Å². The Morgan fingerprint density at radius 1 is 1.06 bits per heavy atom. The third-order valence-corrected chi connectivity index (χ3v) is 7.40. The molecule has 174 valence electrons. The summed E-state index contributed by atoms with van der Waals surface area (Å²) in [5, 5.41) is 2.79. The van der Waals surface area contributed by atoms with Crippen molar-refractivity contribution in [2.24, 2.45) is 5.92 Å². The Hall–Kier alpha value is -3.72. The number of sulfonamides is 1. The smallest absolute Gasteiger partial charge is 0.261 e. The van der Waals surface area contributed by atoms with E-state index in [2.05, 4.69) is 15.0 Å². The number of rotatable bonds is 7. The van der Waals surface area contributed by atoms with Crippen molar-refractivity contribution in [3.05, 3.63) is 83.7 Å². The van der Waals surface area contributed by atoms with Gasteiger partial charge in [0.25, 0.3) is 15.9 Å². The molecule has 2 amide bonds. The van der Waals surface area contributed by atoms with Crippen molar-refractivity contribution in [1.29, 1.82) is 0 Å². The second-order valence-corrected chi connectivity index (χ2v) is 10.2. The standard InChI is InChI=1S/C25H24N4O4S/c30-24(27-16-17-4-3-12-26-15-17)21-5-1-2-6-22(21)28-34(32,33)20-9-10-23-19(14-20)11-13-29(23)25(31)18-7-8-18/h1-6,9-10,12,14-15,18,28H,7-8,11,13,16H2,(H,27,30).